The third kappa shape index (κ3) is 4.47. The van der Waals surface area contributed by atoms with Crippen LogP contribution in [-0.4, -0.2) is 17.6 Å². The van der Waals surface area contributed by atoms with E-state index in [0.29, 0.717) is 6.42 Å². The minimum Gasteiger partial charge on any atom is -0.459 e. The Morgan fingerprint density at radius 1 is 1.60 bits per heavy atom. The fourth-order valence-electron chi connectivity index (χ4n) is 1.67. The van der Waals surface area contributed by atoms with Crippen LogP contribution in [0.5, 0.6) is 0 Å². The predicted molar refractivity (Wildman–Crippen MR) is 60.4 cm³/mol. The molecule has 0 fully saturated rings. The van der Waals surface area contributed by atoms with Gasteiger partial charge in [0, 0.05) is 0 Å². The molecule has 0 saturated heterocycles. The van der Waals surface area contributed by atoms with Crippen molar-refractivity contribution in [1.82, 2.24) is 0 Å². The maximum absolute atomic E-state index is 11.6. The number of carbonyl (C=O) groups is 1. The highest BCUT2D eigenvalue weighted by atomic mass is 16.6. The van der Waals surface area contributed by atoms with Crippen LogP contribution in [0, 0.1) is 0 Å². The van der Waals surface area contributed by atoms with Crippen LogP contribution in [0.3, 0.4) is 0 Å². The van der Waals surface area contributed by atoms with Crippen LogP contribution in [0.4, 0.5) is 0 Å². The first-order valence-electron chi connectivity index (χ1n) is 5.55. The Labute approximate surface area is 91.7 Å². The number of ether oxygens (including phenoxy) is 1. The first-order valence-corrected chi connectivity index (χ1v) is 5.55. The monoisotopic (exact) mass is 211 g/mol. The number of rotatable bonds is 3. The molecule has 0 unspecified atom stereocenters. The fourth-order valence-corrected chi connectivity index (χ4v) is 1.67. The van der Waals surface area contributed by atoms with Crippen LogP contribution in [0.2, 0.25) is 0 Å². The summed E-state index contributed by atoms with van der Waals surface area (Å²) in [5, 5.41) is 0. The number of esters is 1. The summed E-state index contributed by atoms with van der Waals surface area (Å²) >= 11 is 0. The molecule has 0 heterocycles. The first-order chi connectivity index (χ1) is 6.88. The minimum atomic E-state index is -0.506. The molecule has 1 aliphatic carbocycles. The Morgan fingerprint density at radius 2 is 2.27 bits per heavy atom. The van der Waals surface area contributed by atoms with Crippen molar-refractivity contribution in [3.05, 3.63) is 11.6 Å². The zero-order valence-corrected chi connectivity index (χ0v) is 9.88. The average molecular weight is 211 g/mol. The summed E-state index contributed by atoms with van der Waals surface area (Å²) in [6.45, 7) is 5.56. The van der Waals surface area contributed by atoms with Crippen LogP contribution < -0.4 is 5.73 Å². The molecular weight excluding hydrogens is 190 g/mol. The summed E-state index contributed by atoms with van der Waals surface area (Å²) in [6, 6.07) is -0.506. The molecule has 1 rings (SSSR count). The molecule has 3 nitrogen and oxygen atoms in total. The van der Waals surface area contributed by atoms with E-state index >= 15 is 0 Å². The molecule has 1 atom stereocenters. The Kier molecular flexibility index (Phi) is 3.91. The molecule has 86 valence electrons. The third-order valence-electron chi connectivity index (χ3n) is 2.33. The number of hydrogen-bond donors (Lipinski definition) is 1. The highest BCUT2D eigenvalue weighted by Gasteiger charge is 2.23. The highest BCUT2D eigenvalue weighted by Crippen LogP contribution is 2.22. The van der Waals surface area contributed by atoms with Crippen LogP contribution in [-0.2, 0) is 9.53 Å². The SMILES string of the molecule is CC(C)(C)OC(=O)[C@@H](N)CC1=CCCC1. The van der Waals surface area contributed by atoms with Crippen molar-refractivity contribution in [2.24, 2.45) is 5.73 Å². The van der Waals surface area contributed by atoms with Gasteiger partial charge in [-0.1, -0.05) is 11.6 Å². The normalized spacial score (nSPS) is 18.5. The predicted octanol–water partition coefficient (Wildman–Crippen LogP) is 2.16. The standard InChI is InChI=1S/C12H21NO2/c1-12(2,3)15-11(14)10(13)8-9-6-4-5-7-9/h6,10H,4-5,7-8,13H2,1-3H3/t10-/m0/s1. The van der Waals surface area contributed by atoms with Gasteiger partial charge in [-0.2, -0.15) is 0 Å². The van der Waals surface area contributed by atoms with E-state index in [-0.39, 0.29) is 5.97 Å². The molecule has 1 aliphatic rings. The van der Waals surface area contributed by atoms with Crippen molar-refractivity contribution in [2.45, 2.75) is 58.1 Å². The van der Waals surface area contributed by atoms with Gasteiger partial charge in [0.15, 0.2) is 0 Å². The Morgan fingerprint density at radius 3 is 2.73 bits per heavy atom. The summed E-state index contributed by atoms with van der Waals surface area (Å²) in [5.41, 5.74) is 6.64. The molecule has 0 radical (unpaired) electrons. The van der Waals surface area contributed by atoms with Crippen molar-refractivity contribution < 1.29 is 9.53 Å². The molecular formula is C12H21NO2. The van der Waals surface area contributed by atoms with E-state index in [4.69, 9.17) is 10.5 Å². The van der Waals surface area contributed by atoms with Crippen LogP contribution >= 0.6 is 0 Å². The van der Waals surface area contributed by atoms with E-state index in [1.165, 1.54) is 12.0 Å². The van der Waals surface area contributed by atoms with E-state index < -0.39 is 11.6 Å². The smallest absolute Gasteiger partial charge is 0.323 e. The van der Waals surface area contributed by atoms with Crippen LogP contribution in [0.25, 0.3) is 0 Å². The molecule has 0 aromatic heterocycles. The zero-order valence-electron chi connectivity index (χ0n) is 9.88. The maximum atomic E-state index is 11.6. The molecule has 3 heteroatoms. The Hall–Kier alpha value is -0.830. The maximum Gasteiger partial charge on any atom is 0.323 e. The second-order valence-electron chi connectivity index (χ2n) is 5.10. The third-order valence-corrected chi connectivity index (χ3v) is 2.33. The Balaban J connectivity index is 2.39. The van der Waals surface area contributed by atoms with Gasteiger partial charge in [0.25, 0.3) is 0 Å². The van der Waals surface area contributed by atoms with Gasteiger partial charge in [-0.3, -0.25) is 4.79 Å². The zero-order chi connectivity index (χ0) is 11.5. The van der Waals surface area contributed by atoms with Gasteiger partial charge in [0.2, 0.25) is 0 Å². The van der Waals surface area contributed by atoms with Gasteiger partial charge in [-0.15, -0.1) is 0 Å². The number of nitrogens with two attached hydrogens (primary N) is 1. The van der Waals surface area contributed by atoms with E-state index in [2.05, 4.69) is 6.08 Å². The summed E-state index contributed by atoms with van der Waals surface area (Å²) in [6.07, 6.45) is 6.22. The minimum absolute atomic E-state index is 0.296. The number of carbonyl (C=O) groups excluding carboxylic acids is 1. The summed E-state index contributed by atoms with van der Waals surface area (Å²) < 4.78 is 5.22. The lowest BCUT2D eigenvalue weighted by atomic mass is 10.1. The topological polar surface area (TPSA) is 52.3 Å². The first kappa shape index (κ1) is 12.2. The molecule has 2 N–H and O–H groups in total. The van der Waals surface area contributed by atoms with Crippen LogP contribution in [0.1, 0.15) is 46.5 Å². The van der Waals surface area contributed by atoms with Gasteiger partial charge < -0.3 is 10.5 Å². The van der Waals surface area contributed by atoms with Crippen LogP contribution in [0.15, 0.2) is 11.6 Å². The van der Waals surface area contributed by atoms with Gasteiger partial charge in [0.05, 0.1) is 0 Å². The Bertz CT molecular complexity index is 263. The quantitative estimate of drug-likeness (QED) is 0.575. The lowest BCUT2D eigenvalue weighted by Gasteiger charge is -2.22. The molecule has 0 saturated carbocycles. The molecule has 0 aromatic rings. The van der Waals surface area contributed by atoms with Crippen molar-refractivity contribution in [3.63, 3.8) is 0 Å². The van der Waals surface area contributed by atoms with E-state index in [1.807, 2.05) is 20.8 Å². The van der Waals surface area contributed by atoms with Crippen molar-refractivity contribution >= 4 is 5.97 Å². The van der Waals surface area contributed by atoms with Crippen molar-refractivity contribution in [3.8, 4) is 0 Å². The summed E-state index contributed by atoms with van der Waals surface area (Å²) in [7, 11) is 0. The fraction of sp³-hybridized carbons (Fsp3) is 0.750. The second kappa shape index (κ2) is 4.79. The van der Waals surface area contributed by atoms with Gasteiger partial charge in [-0.05, 0) is 46.5 Å². The lowest BCUT2D eigenvalue weighted by molar-refractivity contribution is -0.156. The highest BCUT2D eigenvalue weighted by molar-refractivity contribution is 5.76. The van der Waals surface area contributed by atoms with Crippen molar-refractivity contribution in [1.29, 1.82) is 0 Å². The van der Waals surface area contributed by atoms with Gasteiger partial charge in [-0.25, -0.2) is 0 Å². The second-order valence-corrected chi connectivity index (χ2v) is 5.10. The van der Waals surface area contributed by atoms with Gasteiger partial charge >= 0.3 is 5.97 Å². The van der Waals surface area contributed by atoms with Crippen molar-refractivity contribution in [2.75, 3.05) is 0 Å². The number of allylic oxidation sites excluding steroid dienone is 1. The lowest BCUT2D eigenvalue weighted by Crippen LogP contribution is -2.37. The molecule has 0 amide bonds. The largest absolute Gasteiger partial charge is 0.459 e. The summed E-state index contributed by atoms with van der Waals surface area (Å²) in [5.74, 6) is -0.296. The molecule has 0 aromatic carbocycles. The van der Waals surface area contributed by atoms with E-state index in [0.717, 1.165) is 12.8 Å². The molecule has 15 heavy (non-hydrogen) atoms. The average Bonchev–Trinajstić information content (AvgIpc) is 2.53. The summed E-state index contributed by atoms with van der Waals surface area (Å²) in [4.78, 5) is 11.6. The molecule has 0 aliphatic heterocycles. The molecule has 0 bridgehead atoms. The van der Waals surface area contributed by atoms with E-state index in [1.54, 1.807) is 0 Å². The van der Waals surface area contributed by atoms with E-state index in [9.17, 15) is 4.79 Å². The number of hydrogen-bond acceptors (Lipinski definition) is 3. The van der Waals surface area contributed by atoms with Gasteiger partial charge in [0.1, 0.15) is 11.6 Å². The molecule has 0 spiro atoms.